The second kappa shape index (κ2) is 6.55. The lowest BCUT2D eigenvalue weighted by molar-refractivity contribution is 0.724. The van der Waals surface area contributed by atoms with Gasteiger partial charge in [-0.25, -0.2) is 4.99 Å². The molecule has 2 aliphatic heterocycles. The number of benzene rings is 2. The second-order valence-electron chi connectivity index (χ2n) is 5.57. The molecule has 0 amide bonds. The molecular formula is C17H15Cl2N5S. The van der Waals surface area contributed by atoms with Gasteiger partial charge in [-0.1, -0.05) is 59.2 Å². The van der Waals surface area contributed by atoms with Gasteiger partial charge in [0.1, 0.15) is 16.7 Å². The largest absolute Gasteiger partial charge is 0.311 e. The molecule has 8 heteroatoms. The van der Waals surface area contributed by atoms with E-state index in [2.05, 4.69) is 4.99 Å². The lowest BCUT2D eigenvalue weighted by Gasteiger charge is -2.36. The molecule has 4 N–H and O–H groups in total. The highest BCUT2D eigenvalue weighted by Gasteiger charge is 2.40. The fraction of sp³-hybridized carbons (Fsp3) is 0.118. The zero-order valence-corrected chi connectivity index (χ0v) is 15.3. The van der Waals surface area contributed by atoms with E-state index in [1.165, 1.54) is 11.8 Å². The number of nitrogens with two attached hydrogens (primary N) is 2. The normalized spacial score (nSPS) is 22.6. The average Bonchev–Trinajstić information content (AvgIpc) is 2.93. The maximum Gasteiger partial charge on any atom is 0.136 e. The van der Waals surface area contributed by atoms with E-state index >= 15 is 0 Å². The molecule has 0 saturated carbocycles. The maximum absolute atomic E-state index is 6.57. The van der Waals surface area contributed by atoms with Gasteiger partial charge >= 0.3 is 0 Å². The van der Waals surface area contributed by atoms with Crippen LogP contribution in [0.1, 0.15) is 0 Å². The highest BCUT2D eigenvalue weighted by Crippen LogP contribution is 2.47. The van der Waals surface area contributed by atoms with Crippen LogP contribution in [-0.2, 0) is 0 Å². The standard InChI is InChI=1S/C17H15Cl2N5S/c18-11-7-4-8-12(19)13(11)24-14-15(20)23(10-5-2-1-3-6-10)9-22-16(14)25-17(24)21/h1-9,15,17H,20-21H2. The summed E-state index contributed by atoms with van der Waals surface area (Å²) in [7, 11) is 0. The van der Waals surface area contributed by atoms with Crippen LogP contribution >= 0.6 is 35.0 Å². The molecule has 0 spiro atoms. The minimum absolute atomic E-state index is 0.402. The topological polar surface area (TPSA) is 70.9 Å². The van der Waals surface area contributed by atoms with Crippen molar-refractivity contribution >= 4 is 52.7 Å². The van der Waals surface area contributed by atoms with Crippen molar-refractivity contribution in [2.24, 2.45) is 16.5 Å². The van der Waals surface area contributed by atoms with Gasteiger partial charge in [0.2, 0.25) is 0 Å². The Morgan fingerprint density at radius 2 is 1.64 bits per heavy atom. The van der Waals surface area contributed by atoms with Crippen molar-refractivity contribution in [2.75, 3.05) is 9.80 Å². The van der Waals surface area contributed by atoms with Crippen molar-refractivity contribution in [2.45, 2.75) is 11.7 Å². The number of para-hydroxylation sites is 2. The lowest BCUT2D eigenvalue weighted by Crippen LogP contribution is -2.50. The number of anilines is 2. The van der Waals surface area contributed by atoms with Crippen molar-refractivity contribution in [1.82, 2.24) is 0 Å². The summed E-state index contributed by atoms with van der Waals surface area (Å²) >= 11 is 14.2. The van der Waals surface area contributed by atoms with E-state index in [9.17, 15) is 0 Å². The second-order valence-corrected chi connectivity index (χ2v) is 7.49. The maximum atomic E-state index is 6.57. The number of rotatable bonds is 2. The Balaban J connectivity index is 1.78. The van der Waals surface area contributed by atoms with Crippen LogP contribution in [0.25, 0.3) is 0 Å². The molecular weight excluding hydrogens is 377 g/mol. The first-order valence-corrected chi connectivity index (χ1v) is 9.24. The summed E-state index contributed by atoms with van der Waals surface area (Å²) in [6, 6.07) is 15.2. The summed E-state index contributed by atoms with van der Waals surface area (Å²) in [5.41, 5.74) is 14.9. The molecule has 2 aromatic carbocycles. The van der Waals surface area contributed by atoms with Gasteiger partial charge in [-0.2, -0.15) is 0 Å². The van der Waals surface area contributed by atoms with Gasteiger partial charge in [-0.15, -0.1) is 0 Å². The number of hydrogen-bond acceptors (Lipinski definition) is 6. The average molecular weight is 392 g/mol. The molecule has 2 aromatic rings. The number of thioether (sulfide) groups is 1. The number of hydrogen-bond donors (Lipinski definition) is 2. The van der Waals surface area contributed by atoms with E-state index < -0.39 is 11.7 Å². The molecule has 0 saturated heterocycles. The number of halogens is 2. The molecule has 4 rings (SSSR count). The van der Waals surface area contributed by atoms with Crippen LogP contribution in [-0.4, -0.2) is 18.0 Å². The third kappa shape index (κ3) is 2.80. The molecule has 0 radical (unpaired) electrons. The van der Waals surface area contributed by atoms with Gasteiger partial charge in [-0.3, -0.25) is 0 Å². The van der Waals surface area contributed by atoms with Crippen molar-refractivity contribution in [3.63, 3.8) is 0 Å². The molecule has 2 heterocycles. The van der Waals surface area contributed by atoms with E-state index in [4.69, 9.17) is 34.7 Å². The molecule has 2 aliphatic rings. The highest BCUT2D eigenvalue weighted by molar-refractivity contribution is 8.04. The van der Waals surface area contributed by atoms with Crippen LogP contribution in [0.5, 0.6) is 0 Å². The Morgan fingerprint density at radius 1 is 0.960 bits per heavy atom. The van der Waals surface area contributed by atoms with Crippen LogP contribution in [0.2, 0.25) is 10.0 Å². The summed E-state index contributed by atoms with van der Waals surface area (Å²) in [6.45, 7) is 0. The molecule has 0 fully saturated rings. The lowest BCUT2D eigenvalue weighted by atomic mass is 10.2. The third-order valence-corrected chi connectivity index (χ3v) is 5.68. The zero-order chi connectivity index (χ0) is 17.6. The zero-order valence-electron chi connectivity index (χ0n) is 13.0. The molecule has 2 atom stereocenters. The molecule has 0 aliphatic carbocycles. The van der Waals surface area contributed by atoms with Crippen LogP contribution in [0, 0.1) is 0 Å². The van der Waals surface area contributed by atoms with Gasteiger partial charge < -0.3 is 21.3 Å². The van der Waals surface area contributed by atoms with Crippen molar-refractivity contribution in [1.29, 1.82) is 0 Å². The Kier molecular flexibility index (Phi) is 4.39. The summed E-state index contributed by atoms with van der Waals surface area (Å²) in [6.07, 6.45) is 1.28. The molecule has 0 aromatic heterocycles. The summed E-state index contributed by atoms with van der Waals surface area (Å²) in [5, 5.41) is 1.82. The number of aliphatic imine (C=N–C) groups is 1. The van der Waals surface area contributed by atoms with E-state index in [-0.39, 0.29) is 0 Å². The predicted molar refractivity (Wildman–Crippen MR) is 107 cm³/mol. The van der Waals surface area contributed by atoms with E-state index in [0.717, 1.165) is 16.4 Å². The van der Waals surface area contributed by atoms with E-state index in [0.29, 0.717) is 15.7 Å². The summed E-state index contributed by atoms with van der Waals surface area (Å²) < 4.78 is 0. The first-order valence-electron chi connectivity index (χ1n) is 7.61. The van der Waals surface area contributed by atoms with Crippen molar-refractivity contribution < 1.29 is 0 Å². The van der Waals surface area contributed by atoms with Gasteiger partial charge in [-0.05, 0) is 24.3 Å². The first kappa shape index (κ1) is 16.8. The SMILES string of the molecule is NC1C2=C(N=CN1c1ccccc1)SC(N)N2c1c(Cl)cccc1Cl. The minimum atomic E-state index is -0.455. The third-order valence-electron chi connectivity index (χ3n) is 4.08. The quantitative estimate of drug-likeness (QED) is 0.814. The van der Waals surface area contributed by atoms with Crippen LogP contribution < -0.4 is 21.3 Å². The van der Waals surface area contributed by atoms with E-state index in [1.54, 1.807) is 24.5 Å². The van der Waals surface area contributed by atoms with Crippen molar-refractivity contribution in [3.05, 3.63) is 69.3 Å². The Labute approximate surface area is 159 Å². The molecule has 128 valence electrons. The van der Waals surface area contributed by atoms with Gasteiger partial charge in [0.15, 0.2) is 0 Å². The Hall–Kier alpha value is -1.70. The summed E-state index contributed by atoms with van der Waals surface area (Å²) in [4.78, 5) is 8.32. The first-order chi connectivity index (χ1) is 12.1. The van der Waals surface area contributed by atoms with Crippen LogP contribution in [0.3, 0.4) is 0 Å². The monoisotopic (exact) mass is 391 g/mol. The van der Waals surface area contributed by atoms with Crippen molar-refractivity contribution in [3.8, 4) is 0 Å². The van der Waals surface area contributed by atoms with Crippen LogP contribution in [0.4, 0.5) is 11.4 Å². The number of nitrogens with zero attached hydrogens (tertiary/aromatic N) is 3. The fourth-order valence-electron chi connectivity index (χ4n) is 2.95. The van der Waals surface area contributed by atoms with Gasteiger partial charge in [0.05, 0.1) is 27.8 Å². The highest BCUT2D eigenvalue weighted by atomic mass is 35.5. The fourth-order valence-corrected chi connectivity index (χ4v) is 4.53. The minimum Gasteiger partial charge on any atom is -0.311 e. The summed E-state index contributed by atoms with van der Waals surface area (Å²) in [5.74, 6) is 0. The molecule has 0 bridgehead atoms. The smallest absolute Gasteiger partial charge is 0.136 e. The van der Waals surface area contributed by atoms with Crippen LogP contribution in [0.15, 0.2) is 64.2 Å². The Bertz CT molecular complexity index is 850. The molecule has 5 nitrogen and oxygen atoms in total. The molecule has 2 unspecified atom stereocenters. The molecule has 25 heavy (non-hydrogen) atoms. The van der Waals surface area contributed by atoms with Gasteiger partial charge in [0, 0.05) is 5.69 Å². The predicted octanol–water partition coefficient (Wildman–Crippen LogP) is 3.79. The Morgan fingerprint density at radius 3 is 2.32 bits per heavy atom. The van der Waals surface area contributed by atoms with E-state index in [1.807, 2.05) is 40.1 Å². The van der Waals surface area contributed by atoms with Gasteiger partial charge in [0.25, 0.3) is 0 Å².